The van der Waals surface area contributed by atoms with Gasteiger partial charge >= 0.3 is 0 Å². The van der Waals surface area contributed by atoms with Gasteiger partial charge in [0.05, 0.1) is 16.8 Å². The fourth-order valence-electron chi connectivity index (χ4n) is 1.40. The van der Waals surface area contributed by atoms with Gasteiger partial charge in [-0.05, 0) is 26.8 Å². The number of halogens is 1. The molecular weight excluding hydrogens is 210 g/mol. The van der Waals surface area contributed by atoms with Crippen LogP contribution in [0.5, 0.6) is 0 Å². The van der Waals surface area contributed by atoms with Crippen LogP contribution in [0.25, 0.3) is 0 Å². The first-order valence-electron chi connectivity index (χ1n) is 5.45. The molecule has 0 aliphatic carbocycles. The lowest BCUT2D eigenvalue weighted by Crippen LogP contribution is -2.25. The highest BCUT2D eigenvalue weighted by Gasteiger charge is 2.08. The topological polar surface area (TPSA) is 29.9 Å². The van der Waals surface area contributed by atoms with E-state index in [1.807, 2.05) is 17.8 Å². The highest BCUT2D eigenvalue weighted by molar-refractivity contribution is 6.31. The highest BCUT2D eigenvalue weighted by atomic mass is 35.5. The first kappa shape index (κ1) is 12.5. The maximum absolute atomic E-state index is 5.96. The lowest BCUT2D eigenvalue weighted by Gasteiger charge is -2.14. The zero-order valence-corrected chi connectivity index (χ0v) is 10.7. The molecule has 0 aliphatic heterocycles. The van der Waals surface area contributed by atoms with Crippen molar-refractivity contribution in [3.8, 4) is 0 Å². The quantitative estimate of drug-likeness (QED) is 0.842. The third kappa shape index (κ3) is 3.84. The molecule has 0 fully saturated rings. The minimum atomic E-state index is 0.391. The highest BCUT2D eigenvalue weighted by Crippen LogP contribution is 2.17. The molecule has 1 unspecified atom stereocenters. The predicted octanol–water partition coefficient (Wildman–Crippen LogP) is 2.79. The summed E-state index contributed by atoms with van der Waals surface area (Å²) >= 11 is 5.96. The SMILES string of the molecule is Cc1nn(C(C)CCNC(C)C)cc1Cl. The van der Waals surface area contributed by atoms with Gasteiger partial charge in [-0.15, -0.1) is 0 Å². The van der Waals surface area contributed by atoms with E-state index in [2.05, 4.69) is 31.2 Å². The Balaban J connectivity index is 2.43. The average Bonchev–Trinajstić information content (AvgIpc) is 2.46. The monoisotopic (exact) mass is 229 g/mol. The van der Waals surface area contributed by atoms with E-state index >= 15 is 0 Å². The molecule has 4 heteroatoms. The third-order valence-electron chi connectivity index (χ3n) is 2.42. The van der Waals surface area contributed by atoms with Crippen molar-refractivity contribution in [2.24, 2.45) is 0 Å². The normalized spacial score (nSPS) is 13.5. The molecule has 3 nitrogen and oxygen atoms in total. The number of aryl methyl sites for hydroxylation is 1. The predicted molar refractivity (Wildman–Crippen MR) is 64.4 cm³/mol. The van der Waals surface area contributed by atoms with Crippen LogP contribution < -0.4 is 5.32 Å². The largest absolute Gasteiger partial charge is 0.314 e. The number of aromatic nitrogens is 2. The number of nitrogens with one attached hydrogen (secondary N) is 1. The number of rotatable bonds is 5. The molecule has 0 radical (unpaired) electrons. The molecule has 0 bridgehead atoms. The summed E-state index contributed by atoms with van der Waals surface area (Å²) < 4.78 is 1.94. The van der Waals surface area contributed by atoms with Crippen LogP contribution in [0.1, 0.15) is 38.9 Å². The Labute approximate surface area is 96.8 Å². The van der Waals surface area contributed by atoms with Crippen molar-refractivity contribution in [1.29, 1.82) is 0 Å². The maximum Gasteiger partial charge on any atom is 0.0815 e. The van der Waals surface area contributed by atoms with Gasteiger partial charge in [-0.25, -0.2) is 0 Å². The second-order valence-electron chi connectivity index (χ2n) is 4.29. The van der Waals surface area contributed by atoms with E-state index in [0.717, 1.165) is 23.7 Å². The molecule has 1 N–H and O–H groups in total. The molecule has 1 aromatic rings. The van der Waals surface area contributed by atoms with Crippen LogP contribution in [0.4, 0.5) is 0 Å². The second kappa shape index (κ2) is 5.52. The molecule has 1 rings (SSSR count). The first-order valence-corrected chi connectivity index (χ1v) is 5.83. The van der Waals surface area contributed by atoms with Crippen LogP contribution in [0, 0.1) is 6.92 Å². The summed E-state index contributed by atoms with van der Waals surface area (Å²) in [7, 11) is 0. The minimum absolute atomic E-state index is 0.391. The van der Waals surface area contributed by atoms with E-state index < -0.39 is 0 Å². The van der Waals surface area contributed by atoms with Gasteiger partial charge in [0, 0.05) is 12.2 Å². The Morgan fingerprint density at radius 3 is 2.60 bits per heavy atom. The Bertz CT molecular complexity index is 287. The summed E-state index contributed by atoms with van der Waals surface area (Å²) in [5.74, 6) is 0. The summed E-state index contributed by atoms with van der Waals surface area (Å²) in [5, 5.41) is 8.51. The Kier molecular flexibility index (Phi) is 4.61. The molecule has 15 heavy (non-hydrogen) atoms. The van der Waals surface area contributed by atoms with E-state index in [0.29, 0.717) is 12.1 Å². The molecule has 1 heterocycles. The van der Waals surface area contributed by atoms with Crippen LogP contribution in [0.3, 0.4) is 0 Å². The van der Waals surface area contributed by atoms with E-state index in [1.165, 1.54) is 0 Å². The summed E-state index contributed by atoms with van der Waals surface area (Å²) in [6.07, 6.45) is 2.96. The maximum atomic E-state index is 5.96. The molecular formula is C11H20ClN3. The first-order chi connectivity index (χ1) is 7.00. The van der Waals surface area contributed by atoms with Crippen molar-refractivity contribution < 1.29 is 0 Å². The molecule has 0 saturated carbocycles. The van der Waals surface area contributed by atoms with Gasteiger partial charge in [0.25, 0.3) is 0 Å². The van der Waals surface area contributed by atoms with Gasteiger partial charge in [-0.2, -0.15) is 5.10 Å². The average molecular weight is 230 g/mol. The van der Waals surface area contributed by atoms with Gasteiger partial charge < -0.3 is 5.32 Å². The van der Waals surface area contributed by atoms with Crippen LogP contribution in [-0.2, 0) is 0 Å². The molecule has 0 aliphatic rings. The third-order valence-corrected chi connectivity index (χ3v) is 2.79. The summed E-state index contributed by atoms with van der Waals surface area (Å²) in [6, 6.07) is 0.933. The van der Waals surface area contributed by atoms with Gasteiger partial charge in [0.1, 0.15) is 0 Å². The van der Waals surface area contributed by atoms with Crippen molar-refractivity contribution in [2.75, 3.05) is 6.54 Å². The molecule has 0 amide bonds. The van der Waals surface area contributed by atoms with Crippen molar-refractivity contribution in [2.45, 2.75) is 46.2 Å². The zero-order valence-electron chi connectivity index (χ0n) is 9.92. The minimum Gasteiger partial charge on any atom is -0.314 e. The smallest absolute Gasteiger partial charge is 0.0815 e. The van der Waals surface area contributed by atoms with Crippen LogP contribution in [0.2, 0.25) is 5.02 Å². The number of nitrogens with zero attached hydrogens (tertiary/aromatic N) is 2. The Morgan fingerprint density at radius 2 is 2.13 bits per heavy atom. The Hall–Kier alpha value is -0.540. The lowest BCUT2D eigenvalue weighted by molar-refractivity contribution is 0.431. The van der Waals surface area contributed by atoms with Crippen molar-refractivity contribution in [3.63, 3.8) is 0 Å². The van der Waals surface area contributed by atoms with Gasteiger partial charge in [-0.3, -0.25) is 4.68 Å². The van der Waals surface area contributed by atoms with E-state index in [4.69, 9.17) is 11.6 Å². The fourth-order valence-corrected chi connectivity index (χ4v) is 1.54. The zero-order chi connectivity index (χ0) is 11.4. The molecule has 0 spiro atoms. The molecule has 86 valence electrons. The standard InChI is InChI=1S/C11H20ClN3/c1-8(2)13-6-5-9(3)15-7-11(12)10(4)14-15/h7-9,13H,5-6H2,1-4H3. The molecule has 0 saturated heterocycles. The van der Waals surface area contributed by atoms with Gasteiger partial charge in [-0.1, -0.05) is 25.4 Å². The Morgan fingerprint density at radius 1 is 1.47 bits per heavy atom. The van der Waals surface area contributed by atoms with E-state index in [1.54, 1.807) is 0 Å². The van der Waals surface area contributed by atoms with Crippen LogP contribution in [-0.4, -0.2) is 22.4 Å². The summed E-state index contributed by atoms with van der Waals surface area (Å²) in [4.78, 5) is 0. The van der Waals surface area contributed by atoms with Gasteiger partial charge in [0.2, 0.25) is 0 Å². The van der Waals surface area contributed by atoms with Crippen molar-refractivity contribution in [1.82, 2.24) is 15.1 Å². The number of hydrogen-bond donors (Lipinski definition) is 1. The second-order valence-corrected chi connectivity index (χ2v) is 4.70. The number of hydrogen-bond acceptors (Lipinski definition) is 2. The summed E-state index contributed by atoms with van der Waals surface area (Å²) in [5.41, 5.74) is 0.903. The fraction of sp³-hybridized carbons (Fsp3) is 0.727. The lowest BCUT2D eigenvalue weighted by atomic mass is 10.2. The van der Waals surface area contributed by atoms with Gasteiger partial charge in [0.15, 0.2) is 0 Å². The summed E-state index contributed by atoms with van der Waals surface area (Å²) in [6.45, 7) is 9.40. The molecule has 1 atom stereocenters. The van der Waals surface area contributed by atoms with Crippen LogP contribution in [0.15, 0.2) is 6.20 Å². The van der Waals surface area contributed by atoms with Crippen LogP contribution >= 0.6 is 11.6 Å². The van der Waals surface area contributed by atoms with E-state index in [9.17, 15) is 0 Å². The molecule has 1 aromatic heterocycles. The van der Waals surface area contributed by atoms with Crippen molar-refractivity contribution in [3.05, 3.63) is 16.9 Å². The van der Waals surface area contributed by atoms with Crippen molar-refractivity contribution >= 4 is 11.6 Å². The van der Waals surface area contributed by atoms with E-state index in [-0.39, 0.29) is 0 Å². The molecule has 0 aromatic carbocycles.